The van der Waals surface area contributed by atoms with Crippen LogP contribution < -0.4 is 11.1 Å². The number of carbonyl (C=O) groups is 1. The molecule has 9 nitrogen and oxygen atoms in total. The number of nitrogens with one attached hydrogen (secondary N) is 1. The predicted molar refractivity (Wildman–Crippen MR) is 133 cm³/mol. The van der Waals surface area contributed by atoms with Gasteiger partial charge in [0.2, 0.25) is 5.91 Å². The molecule has 11 heteroatoms. The average molecular weight is 519 g/mol. The van der Waals surface area contributed by atoms with Gasteiger partial charge in [-0.3, -0.25) is 9.32 Å². The highest BCUT2D eigenvalue weighted by Gasteiger charge is 2.32. The number of phosphoric ester groups is 1. The van der Waals surface area contributed by atoms with Gasteiger partial charge in [0.15, 0.2) is 9.84 Å². The van der Waals surface area contributed by atoms with Crippen LogP contribution in [0.4, 0.5) is 5.69 Å². The van der Waals surface area contributed by atoms with E-state index in [-0.39, 0.29) is 16.3 Å². The van der Waals surface area contributed by atoms with Gasteiger partial charge in [0, 0.05) is 5.69 Å². The van der Waals surface area contributed by atoms with Crippen LogP contribution in [0.3, 0.4) is 0 Å². The van der Waals surface area contributed by atoms with Gasteiger partial charge in [0.05, 0.1) is 17.3 Å². The molecule has 0 heterocycles. The van der Waals surface area contributed by atoms with E-state index in [0.29, 0.717) is 6.42 Å². The zero-order valence-electron chi connectivity index (χ0n) is 19.0. The Balaban J connectivity index is 1.59. The summed E-state index contributed by atoms with van der Waals surface area (Å²) in [4.78, 5) is 30.0. The van der Waals surface area contributed by atoms with Crippen molar-refractivity contribution in [3.8, 4) is 11.1 Å². The summed E-state index contributed by atoms with van der Waals surface area (Å²) in [5.41, 5.74) is 7.37. The van der Waals surface area contributed by atoms with Crippen LogP contribution in [0.1, 0.15) is 12.5 Å². The molecule has 0 bridgehead atoms. The molecule has 1 amide bonds. The molecule has 0 fully saturated rings. The van der Waals surface area contributed by atoms with Crippen molar-refractivity contribution in [2.75, 3.05) is 17.7 Å². The van der Waals surface area contributed by atoms with E-state index in [0.717, 1.165) is 16.7 Å². The summed E-state index contributed by atoms with van der Waals surface area (Å²) in [5.74, 6) is -0.829. The number of phosphoric acid groups is 1. The van der Waals surface area contributed by atoms with Crippen LogP contribution in [0.2, 0.25) is 0 Å². The van der Waals surface area contributed by atoms with Crippen LogP contribution in [-0.2, 0) is 30.1 Å². The van der Waals surface area contributed by atoms with Crippen molar-refractivity contribution in [1.29, 1.82) is 0 Å². The van der Waals surface area contributed by atoms with E-state index in [2.05, 4.69) is 9.84 Å². The first-order valence-corrected chi connectivity index (χ1v) is 13.8. The van der Waals surface area contributed by atoms with E-state index in [1.165, 1.54) is 31.2 Å². The van der Waals surface area contributed by atoms with Crippen LogP contribution in [-0.4, -0.2) is 42.0 Å². The summed E-state index contributed by atoms with van der Waals surface area (Å²) in [6.07, 6.45) is 0.348. The first-order valence-electron chi connectivity index (χ1n) is 10.6. The second kappa shape index (κ2) is 10.8. The summed E-state index contributed by atoms with van der Waals surface area (Å²) in [5, 5.41) is 2.48. The third-order valence-electron chi connectivity index (χ3n) is 5.24. The number of carbonyl (C=O) groups excluding carboxylic acids is 1. The molecule has 1 atom stereocenters. The van der Waals surface area contributed by atoms with E-state index in [1.54, 1.807) is 0 Å². The second-order valence-electron chi connectivity index (χ2n) is 8.29. The maximum absolute atomic E-state index is 12.8. The fourth-order valence-corrected chi connectivity index (χ4v) is 4.89. The number of anilines is 1. The van der Waals surface area contributed by atoms with E-state index in [4.69, 9.17) is 15.5 Å². The fourth-order valence-electron chi connectivity index (χ4n) is 3.17. The molecular weight excluding hydrogens is 491 g/mol. The van der Waals surface area contributed by atoms with Gasteiger partial charge in [-0.1, -0.05) is 54.6 Å². The van der Waals surface area contributed by atoms with Crippen molar-refractivity contribution in [3.63, 3.8) is 0 Å². The largest absolute Gasteiger partial charge is 0.469 e. The Morgan fingerprint density at radius 2 is 1.54 bits per heavy atom. The number of amides is 1. The third-order valence-corrected chi connectivity index (χ3v) is 7.44. The van der Waals surface area contributed by atoms with Crippen LogP contribution in [0.25, 0.3) is 11.1 Å². The second-order valence-corrected chi connectivity index (χ2v) is 11.6. The highest BCUT2D eigenvalue weighted by Crippen LogP contribution is 2.36. The van der Waals surface area contributed by atoms with Gasteiger partial charge >= 0.3 is 7.82 Å². The molecule has 0 aromatic heterocycles. The molecule has 186 valence electrons. The Labute approximate surface area is 204 Å². The number of hydrogen-bond donors (Lipinski definition) is 4. The van der Waals surface area contributed by atoms with Crippen LogP contribution >= 0.6 is 7.82 Å². The Morgan fingerprint density at radius 1 is 0.971 bits per heavy atom. The summed E-state index contributed by atoms with van der Waals surface area (Å²) in [7, 11) is -8.35. The van der Waals surface area contributed by atoms with E-state index < -0.39 is 35.7 Å². The minimum absolute atomic E-state index is 0.0794. The Hall–Kier alpha value is -2.85. The number of sulfone groups is 1. The minimum atomic E-state index is -4.78. The van der Waals surface area contributed by atoms with Crippen molar-refractivity contribution >= 4 is 29.3 Å². The van der Waals surface area contributed by atoms with Crippen LogP contribution in [0.15, 0.2) is 83.8 Å². The number of rotatable bonds is 10. The lowest BCUT2D eigenvalue weighted by atomic mass is 10.0. The number of hydrogen-bond acceptors (Lipinski definition) is 6. The van der Waals surface area contributed by atoms with E-state index in [9.17, 15) is 17.8 Å². The molecule has 3 rings (SSSR count). The van der Waals surface area contributed by atoms with Crippen LogP contribution in [0.5, 0.6) is 0 Å². The summed E-state index contributed by atoms with van der Waals surface area (Å²) >= 11 is 0. The number of benzene rings is 3. The molecule has 0 saturated heterocycles. The lowest BCUT2D eigenvalue weighted by molar-refractivity contribution is -0.121. The quantitative estimate of drug-likeness (QED) is 0.298. The van der Waals surface area contributed by atoms with Gasteiger partial charge in [0.1, 0.15) is 5.54 Å². The van der Waals surface area contributed by atoms with Gasteiger partial charge in [-0.2, -0.15) is 0 Å². The maximum atomic E-state index is 12.8. The summed E-state index contributed by atoms with van der Waals surface area (Å²) in [6, 6.07) is 23.2. The highest BCUT2D eigenvalue weighted by atomic mass is 32.2. The lowest BCUT2D eigenvalue weighted by Gasteiger charge is -2.23. The molecular formula is C24H27N2O7PS. The Kier molecular flexibility index (Phi) is 8.27. The molecule has 3 aromatic carbocycles. The van der Waals surface area contributed by atoms with Crippen molar-refractivity contribution in [3.05, 3.63) is 84.4 Å². The molecule has 0 saturated carbocycles. The van der Waals surface area contributed by atoms with Crippen molar-refractivity contribution < 1.29 is 32.1 Å². The SMILES string of the molecule is CC(N)(COP(=O)(O)O)C(=O)Nc1ccc(S(=O)(=O)CCc2ccc(-c3ccccc3)cc2)cc1. The van der Waals surface area contributed by atoms with Crippen LogP contribution in [0, 0.1) is 0 Å². The molecule has 35 heavy (non-hydrogen) atoms. The summed E-state index contributed by atoms with van der Waals surface area (Å²) in [6.45, 7) is 0.547. The average Bonchev–Trinajstić information content (AvgIpc) is 2.82. The molecule has 0 aliphatic carbocycles. The topological polar surface area (TPSA) is 156 Å². The highest BCUT2D eigenvalue weighted by molar-refractivity contribution is 7.91. The molecule has 0 aliphatic rings. The third kappa shape index (κ3) is 7.83. The fraction of sp³-hybridized carbons (Fsp3) is 0.208. The minimum Gasteiger partial charge on any atom is -0.324 e. The number of aryl methyl sites for hydroxylation is 1. The lowest BCUT2D eigenvalue weighted by Crippen LogP contribution is -2.52. The normalized spacial score (nSPS) is 13.7. The molecule has 1 unspecified atom stereocenters. The Morgan fingerprint density at radius 3 is 2.11 bits per heavy atom. The molecule has 0 radical (unpaired) electrons. The maximum Gasteiger partial charge on any atom is 0.469 e. The van der Waals surface area contributed by atoms with Gasteiger partial charge in [-0.25, -0.2) is 13.0 Å². The molecule has 0 spiro atoms. The molecule has 0 aliphatic heterocycles. The molecule has 5 N–H and O–H groups in total. The smallest absolute Gasteiger partial charge is 0.324 e. The predicted octanol–water partition coefficient (Wildman–Crippen LogP) is 3.14. The standard InChI is InChI=1S/C24H27N2O7PS/c1-24(25,17-33-34(28,29)30)23(27)26-21-11-13-22(14-12-21)35(31,32)16-15-18-7-9-20(10-8-18)19-5-3-2-4-6-19/h2-14H,15-17,25H2,1H3,(H,26,27)(H2,28,29,30). The zero-order valence-corrected chi connectivity index (χ0v) is 20.7. The Bertz CT molecular complexity index is 1300. The van der Waals surface area contributed by atoms with Gasteiger partial charge < -0.3 is 20.8 Å². The van der Waals surface area contributed by atoms with Crippen molar-refractivity contribution in [2.45, 2.75) is 23.8 Å². The van der Waals surface area contributed by atoms with Gasteiger partial charge in [-0.15, -0.1) is 0 Å². The molecule has 3 aromatic rings. The van der Waals surface area contributed by atoms with E-state index >= 15 is 0 Å². The first-order chi connectivity index (χ1) is 16.4. The number of nitrogens with two attached hydrogens (primary N) is 1. The van der Waals surface area contributed by atoms with E-state index in [1.807, 2.05) is 54.6 Å². The summed E-state index contributed by atoms with van der Waals surface area (Å²) < 4.78 is 40.7. The van der Waals surface area contributed by atoms with Gasteiger partial charge in [-0.05, 0) is 54.3 Å². The zero-order chi connectivity index (χ0) is 25.7. The van der Waals surface area contributed by atoms with Crippen molar-refractivity contribution in [2.24, 2.45) is 5.73 Å². The van der Waals surface area contributed by atoms with Crippen molar-refractivity contribution in [1.82, 2.24) is 0 Å². The first kappa shape index (κ1) is 26.7. The van der Waals surface area contributed by atoms with Gasteiger partial charge in [0.25, 0.3) is 0 Å². The monoisotopic (exact) mass is 518 g/mol.